The Morgan fingerprint density at radius 3 is 2.37 bits per heavy atom. The molecule has 0 aliphatic rings. The predicted octanol–water partition coefficient (Wildman–Crippen LogP) is 4.52. The first-order valence-electron chi connectivity index (χ1n) is 10.7. The molecule has 0 atom stereocenters. The van der Waals surface area contributed by atoms with E-state index in [1.807, 2.05) is 19.1 Å². The van der Waals surface area contributed by atoms with Crippen molar-refractivity contribution in [3.8, 4) is 5.75 Å². The molecular formula is C25H22ClFN4O4. The van der Waals surface area contributed by atoms with Crippen LogP contribution in [-0.2, 0) is 17.9 Å². The smallest absolute Gasteiger partial charge is 0.329 e. The molecule has 0 spiro atoms. The number of ether oxygens (including phenoxy) is 1. The zero-order valence-corrected chi connectivity index (χ0v) is 19.7. The summed E-state index contributed by atoms with van der Waals surface area (Å²) in [6.07, 6.45) is 0. The van der Waals surface area contributed by atoms with E-state index in [1.165, 1.54) is 29.9 Å². The molecule has 8 nitrogen and oxygen atoms in total. The van der Waals surface area contributed by atoms with Gasteiger partial charge in [-0.05, 0) is 55.5 Å². The minimum atomic E-state index is -0.768. The number of para-hydroxylation sites is 2. The summed E-state index contributed by atoms with van der Waals surface area (Å²) in [5.74, 6) is -1.60. The molecule has 35 heavy (non-hydrogen) atoms. The Balaban J connectivity index is 1.56. The number of nitrogens with one attached hydrogen (secondary N) is 2. The lowest BCUT2D eigenvalue weighted by Crippen LogP contribution is -2.29. The second-order valence-electron chi connectivity index (χ2n) is 7.64. The molecule has 0 unspecified atom stereocenters. The van der Waals surface area contributed by atoms with Crippen molar-refractivity contribution < 1.29 is 18.7 Å². The third-order valence-electron chi connectivity index (χ3n) is 5.45. The molecule has 4 aromatic rings. The van der Waals surface area contributed by atoms with Crippen LogP contribution in [0.15, 0.2) is 65.5 Å². The molecule has 0 fully saturated rings. The average Bonchev–Trinajstić information content (AvgIpc) is 3.09. The summed E-state index contributed by atoms with van der Waals surface area (Å²) in [7, 11) is 1.42. The van der Waals surface area contributed by atoms with Crippen LogP contribution in [0.2, 0.25) is 5.02 Å². The second-order valence-corrected chi connectivity index (χ2v) is 8.08. The molecule has 2 amide bonds. The highest BCUT2D eigenvalue weighted by molar-refractivity contribution is 6.30. The van der Waals surface area contributed by atoms with Crippen LogP contribution >= 0.6 is 11.6 Å². The number of carbonyl (C=O) groups is 2. The van der Waals surface area contributed by atoms with E-state index < -0.39 is 17.6 Å². The molecule has 1 heterocycles. The molecule has 10 heteroatoms. The highest BCUT2D eigenvalue weighted by atomic mass is 35.5. The Morgan fingerprint density at radius 2 is 1.71 bits per heavy atom. The summed E-state index contributed by atoms with van der Waals surface area (Å²) in [6.45, 7) is 2.14. The first-order chi connectivity index (χ1) is 16.8. The highest BCUT2D eigenvalue weighted by Crippen LogP contribution is 2.29. The number of aromatic nitrogens is 2. The van der Waals surface area contributed by atoms with Gasteiger partial charge in [0, 0.05) is 17.3 Å². The van der Waals surface area contributed by atoms with Gasteiger partial charge < -0.3 is 15.4 Å². The highest BCUT2D eigenvalue weighted by Gasteiger charge is 2.17. The lowest BCUT2D eigenvalue weighted by Gasteiger charge is -2.13. The number of benzene rings is 3. The summed E-state index contributed by atoms with van der Waals surface area (Å²) < 4.78 is 22.4. The molecule has 0 radical (unpaired) electrons. The van der Waals surface area contributed by atoms with Gasteiger partial charge in [-0.25, -0.2) is 9.18 Å². The van der Waals surface area contributed by atoms with Gasteiger partial charge in [0.25, 0.3) is 5.91 Å². The number of rotatable bonds is 7. The summed E-state index contributed by atoms with van der Waals surface area (Å²) in [6, 6.07) is 15.6. The first-order valence-corrected chi connectivity index (χ1v) is 11.1. The maximum atomic E-state index is 14.2. The van der Waals surface area contributed by atoms with Crippen molar-refractivity contribution >= 4 is 45.8 Å². The monoisotopic (exact) mass is 496 g/mol. The minimum Gasteiger partial charge on any atom is -0.495 e. The van der Waals surface area contributed by atoms with Crippen molar-refractivity contribution in [3.63, 3.8) is 0 Å². The molecule has 3 aromatic carbocycles. The van der Waals surface area contributed by atoms with Gasteiger partial charge in [-0.1, -0.05) is 23.7 Å². The van der Waals surface area contributed by atoms with Gasteiger partial charge in [-0.15, -0.1) is 0 Å². The molecule has 0 saturated heterocycles. The fourth-order valence-corrected chi connectivity index (χ4v) is 3.98. The summed E-state index contributed by atoms with van der Waals surface area (Å²) in [5.41, 5.74) is 1.51. The van der Waals surface area contributed by atoms with E-state index in [0.717, 1.165) is 11.6 Å². The van der Waals surface area contributed by atoms with E-state index in [2.05, 4.69) is 10.6 Å². The molecule has 2 N–H and O–H groups in total. The second kappa shape index (κ2) is 10.0. The molecule has 4 rings (SSSR count). The third kappa shape index (κ3) is 4.90. The topological polar surface area (TPSA) is 94.4 Å². The van der Waals surface area contributed by atoms with Crippen LogP contribution in [0.25, 0.3) is 11.0 Å². The first kappa shape index (κ1) is 24.0. The maximum absolute atomic E-state index is 14.2. The van der Waals surface area contributed by atoms with Gasteiger partial charge in [-0.3, -0.25) is 18.7 Å². The number of aryl methyl sites for hydroxylation is 1. The normalized spacial score (nSPS) is 10.9. The SMILES string of the molecule is CCn1c(=O)n(CC(=O)Nc2ccc(OC)c(NC(=O)c3ccc(Cl)cc3F)c2)c2ccccc21. The van der Waals surface area contributed by atoms with Gasteiger partial charge in [-0.2, -0.15) is 0 Å². The van der Waals surface area contributed by atoms with Crippen molar-refractivity contribution in [1.29, 1.82) is 0 Å². The van der Waals surface area contributed by atoms with Crippen LogP contribution in [0.4, 0.5) is 15.8 Å². The summed E-state index contributed by atoms with van der Waals surface area (Å²) in [5, 5.41) is 5.48. The zero-order valence-electron chi connectivity index (χ0n) is 19.0. The zero-order chi connectivity index (χ0) is 25.1. The number of methoxy groups -OCH3 is 1. The van der Waals surface area contributed by atoms with Crippen LogP contribution in [0.1, 0.15) is 17.3 Å². The van der Waals surface area contributed by atoms with Gasteiger partial charge in [0.2, 0.25) is 5.91 Å². The van der Waals surface area contributed by atoms with Crippen LogP contribution in [0.3, 0.4) is 0 Å². The molecule has 0 aliphatic carbocycles. The quantitative estimate of drug-likeness (QED) is 0.393. The number of hydrogen-bond donors (Lipinski definition) is 2. The van der Waals surface area contributed by atoms with Crippen LogP contribution < -0.4 is 21.1 Å². The van der Waals surface area contributed by atoms with E-state index in [0.29, 0.717) is 23.5 Å². The Morgan fingerprint density at radius 1 is 1.00 bits per heavy atom. The van der Waals surface area contributed by atoms with Gasteiger partial charge in [0.1, 0.15) is 18.1 Å². The standard InChI is InChI=1S/C25H22ClFN4O4/c1-3-30-20-6-4-5-7-21(20)31(25(30)34)14-23(32)28-16-9-11-22(35-2)19(13-16)29-24(33)17-10-8-15(26)12-18(17)27/h4-13H,3,14H2,1-2H3,(H,28,32)(H,29,33). The number of carbonyl (C=O) groups excluding carboxylic acids is 2. The predicted molar refractivity (Wildman–Crippen MR) is 133 cm³/mol. The molecule has 0 aliphatic heterocycles. The fraction of sp³-hybridized carbons (Fsp3) is 0.160. The largest absolute Gasteiger partial charge is 0.495 e. The van der Waals surface area contributed by atoms with Crippen molar-refractivity contribution in [3.05, 3.63) is 87.6 Å². The van der Waals surface area contributed by atoms with Gasteiger partial charge >= 0.3 is 5.69 Å². The lowest BCUT2D eigenvalue weighted by atomic mass is 10.2. The number of amides is 2. The lowest BCUT2D eigenvalue weighted by molar-refractivity contribution is -0.116. The maximum Gasteiger partial charge on any atom is 0.329 e. The summed E-state index contributed by atoms with van der Waals surface area (Å²) in [4.78, 5) is 38.2. The van der Waals surface area contributed by atoms with Crippen LogP contribution in [0.5, 0.6) is 5.75 Å². The van der Waals surface area contributed by atoms with Gasteiger partial charge in [0.05, 0.1) is 29.4 Å². The van der Waals surface area contributed by atoms with Crippen molar-refractivity contribution in [2.45, 2.75) is 20.0 Å². The fourth-order valence-electron chi connectivity index (χ4n) is 3.82. The number of halogens is 2. The van der Waals surface area contributed by atoms with E-state index in [1.54, 1.807) is 28.8 Å². The number of hydrogen-bond acceptors (Lipinski definition) is 4. The van der Waals surface area contributed by atoms with Gasteiger partial charge in [0.15, 0.2) is 0 Å². The number of nitrogens with zero attached hydrogens (tertiary/aromatic N) is 2. The Labute approximate surface area is 204 Å². The molecule has 0 bridgehead atoms. The van der Waals surface area contributed by atoms with Crippen molar-refractivity contribution in [2.24, 2.45) is 0 Å². The van der Waals surface area contributed by atoms with Crippen LogP contribution in [-0.4, -0.2) is 28.1 Å². The Bertz CT molecular complexity index is 1490. The molecule has 1 aromatic heterocycles. The molecular weight excluding hydrogens is 475 g/mol. The number of anilines is 2. The number of fused-ring (bicyclic) bond motifs is 1. The van der Waals surface area contributed by atoms with E-state index >= 15 is 0 Å². The number of imidazole rings is 1. The third-order valence-corrected chi connectivity index (χ3v) is 5.69. The van der Waals surface area contributed by atoms with Crippen LogP contribution in [0, 0.1) is 5.82 Å². The summed E-state index contributed by atoms with van der Waals surface area (Å²) >= 11 is 5.75. The van der Waals surface area contributed by atoms with E-state index in [-0.39, 0.29) is 28.5 Å². The molecule has 0 saturated carbocycles. The van der Waals surface area contributed by atoms with E-state index in [4.69, 9.17) is 16.3 Å². The van der Waals surface area contributed by atoms with E-state index in [9.17, 15) is 18.8 Å². The average molecular weight is 497 g/mol. The Hall–Kier alpha value is -4.11. The minimum absolute atomic E-state index is 0.169. The van der Waals surface area contributed by atoms with Crippen molar-refractivity contribution in [2.75, 3.05) is 17.7 Å². The van der Waals surface area contributed by atoms with Crippen molar-refractivity contribution in [1.82, 2.24) is 9.13 Å². The molecule has 180 valence electrons. The Kier molecular flexibility index (Phi) is 6.88.